The standard InChI is InChI=1S/C21H23NO/c1-23-21-10-6-5-9-20(21)12-11-18-13-15-22(16-14-18)17-19-7-3-2-4-8-19/h2-13H,14-17H2,1H3/b12-11+. The Morgan fingerprint density at radius 1 is 1.00 bits per heavy atom. The highest BCUT2D eigenvalue weighted by Crippen LogP contribution is 2.21. The van der Waals surface area contributed by atoms with E-state index in [2.05, 4.69) is 59.5 Å². The number of para-hydroxylation sites is 1. The van der Waals surface area contributed by atoms with Crippen molar-refractivity contribution < 1.29 is 4.74 Å². The van der Waals surface area contributed by atoms with Crippen molar-refractivity contribution in [3.05, 3.63) is 83.4 Å². The quantitative estimate of drug-likeness (QED) is 0.804. The van der Waals surface area contributed by atoms with E-state index >= 15 is 0 Å². The van der Waals surface area contributed by atoms with Crippen molar-refractivity contribution in [1.29, 1.82) is 0 Å². The first-order chi connectivity index (χ1) is 11.3. The third kappa shape index (κ3) is 4.33. The Labute approximate surface area is 138 Å². The second-order valence-electron chi connectivity index (χ2n) is 5.83. The fraction of sp³-hybridized carbons (Fsp3) is 0.238. The molecule has 118 valence electrons. The van der Waals surface area contributed by atoms with Gasteiger partial charge in [-0.15, -0.1) is 0 Å². The summed E-state index contributed by atoms with van der Waals surface area (Å²) in [7, 11) is 1.72. The Bertz CT molecular complexity index is 688. The van der Waals surface area contributed by atoms with Gasteiger partial charge in [-0.1, -0.05) is 66.8 Å². The fourth-order valence-corrected chi connectivity index (χ4v) is 2.86. The predicted molar refractivity (Wildman–Crippen MR) is 96.4 cm³/mol. The van der Waals surface area contributed by atoms with E-state index in [1.165, 1.54) is 11.1 Å². The maximum absolute atomic E-state index is 5.39. The van der Waals surface area contributed by atoms with Crippen molar-refractivity contribution in [3.63, 3.8) is 0 Å². The van der Waals surface area contributed by atoms with Crippen molar-refractivity contribution in [2.75, 3.05) is 20.2 Å². The first kappa shape index (κ1) is 15.6. The summed E-state index contributed by atoms with van der Waals surface area (Å²) in [5.74, 6) is 0.922. The van der Waals surface area contributed by atoms with E-state index in [0.717, 1.165) is 37.4 Å². The van der Waals surface area contributed by atoms with Gasteiger partial charge in [0.2, 0.25) is 0 Å². The lowest BCUT2D eigenvalue weighted by molar-refractivity contribution is 0.287. The highest BCUT2D eigenvalue weighted by atomic mass is 16.5. The van der Waals surface area contributed by atoms with Gasteiger partial charge < -0.3 is 4.74 Å². The van der Waals surface area contributed by atoms with E-state index in [1.807, 2.05) is 18.2 Å². The van der Waals surface area contributed by atoms with Gasteiger partial charge in [-0.3, -0.25) is 4.90 Å². The molecule has 0 spiro atoms. The number of hydrogen-bond donors (Lipinski definition) is 0. The van der Waals surface area contributed by atoms with Crippen LogP contribution in [0.4, 0.5) is 0 Å². The van der Waals surface area contributed by atoms with Crippen molar-refractivity contribution in [1.82, 2.24) is 4.90 Å². The minimum atomic E-state index is 0.922. The van der Waals surface area contributed by atoms with Crippen LogP contribution in [0.3, 0.4) is 0 Å². The first-order valence-corrected chi connectivity index (χ1v) is 8.11. The Morgan fingerprint density at radius 3 is 2.52 bits per heavy atom. The molecule has 0 atom stereocenters. The highest BCUT2D eigenvalue weighted by Gasteiger charge is 2.10. The summed E-state index contributed by atoms with van der Waals surface area (Å²) in [4.78, 5) is 2.48. The summed E-state index contributed by atoms with van der Waals surface area (Å²) in [5.41, 5.74) is 3.91. The van der Waals surface area contributed by atoms with Crippen LogP contribution in [-0.4, -0.2) is 25.1 Å². The van der Waals surface area contributed by atoms with Crippen LogP contribution in [0.25, 0.3) is 6.08 Å². The number of hydrogen-bond acceptors (Lipinski definition) is 2. The summed E-state index contributed by atoms with van der Waals surface area (Å²) < 4.78 is 5.39. The van der Waals surface area contributed by atoms with Gasteiger partial charge in [0.15, 0.2) is 0 Å². The Balaban J connectivity index is 1.60. The molecule has 0 fully saturated rings. The summed E-state index contributed by atoms with van der Waals surface area (Å²) in [6.45, 7) is 3.15. The molecule has 1 aliphatic rings. The Kier molecular flexibility index (Phi) is 5.28. The molecule has 2 nitrogen and oxygen atoms in total. The second kappa shape index (κ2) is 7.80. The number of rotatable bonds is 5. The van der Waals surface area contributed by atoms with E-state index in [9.17, 15) is 0 Å². The van der Waals surface area contributed by atoms with E-state index in [0.29, 0.717) is 0 Å². The van der Waals surface area contributed by atoms with Gasteiger partial charge in [0, 0.05) is 25.2 Å². The second-order valence-corrected chi connectivity index (χ2v) is 5.83. The van der Waals surface area contributed by atoms with Gasteiger partial charge in [0.05, 0.1) is 7.11 Å². The minimum absolute atomic E-state index is 0.922. The van der Waals surface area contributed by atoms with Crippen LogP contribution in [0.2, 0.25) is 0 Å². The molecule has 0 saturated heterocycles. The summed E-state index contributed by atoms with van der Waals surface area (Å²) >= 11 is 0. The first-order valence-electron chi connectivity index (χ1n) is 8.11. The molecule has 0 saturated carbocycles. The van der Waals surface area contributed by atoms with Gasteiger partial charge in [-0.2, -0.15) is 0 Å². The lowest BCUT2D eigenvalue weighted by Gasteiger charge is -2.25. The van der Waals surface area contributed by atoms with Crippen LogP contribution < -0.4 is 4.74 Å². The van der Waals surface area contributed by atoms with Gasteiger partial charge >= 0.3 is 0 Å². The molecule has 1 heterocycles. The molecule has 1 aliphatic heterocycles. The summed E-state index contributed by atoms with van der Waals surface area (Å²) in [6.07, 6.45) is 7.80. The molecule has 0 aliphatic carbocycles. The highest BCUT2D eigenvalue weighted by molar-refractivity contribution is 5.59. The lowest BCUT2D eigenvalue weighted by Crippen LogP contribution is -2.27. The summed E-state index contributed by atoms with van der Waals surface area (Å²) in [6, 6.07) is 18.8. The van der Waals surface area contributed by atoms with Crippen molar-refractivity contribution in [2.24, 2.45) is 0 Å². The van der Waals surface area contributed by atoms with E-state index < -0.39 is 0 Å². The molecule has 2 aromatic rings. The third-order valence-corrected chi connectivity index (χ3v) is 4.19. The molecule has 0 unspecified atom stereocenters. The third-order valence-electron chi connectivity index (χ3n) is 4.19. The van der Waals surface area contributed by atoms with Crippen LogP contribution in [0.5, 0.6) is 5.75 Å². The average molecular weight is 305 g/mol. The van der Waals surface area contributed by atoms with E-state index in [-0.39, 0.29) is 0 Å². The van der Waals surface area contributed by atoms with Crippen LogP contribution in [0.1, 0.15) is 17.5 Å². The molecule has 3 rings (SSSR count). The van der Waals surface area contributed by atoms with Crippen molar-refractivity contribution in [2.45, 2.75) is 13.0 Å². The number of allylic oxidation sites excluding steroid dienone is 1. The molecule has 2 heteroatoms. The van der Waals surface area contributed by atoms with Gasteiger partial charge in [0.25, 0.3) is 0 Å². The number of methoxy groups -OCH3 is 1. The van der Waals surface area contributed by atoms with Gasteiger partial charge in [-0.25, -0.2) is 0 Å². The largest absolute Gasteiger partial charge is 0.496 e. The zero-order valence-corrected chi connectivity index (χ0v) is 13.6. The van der Waals surface area contributed by atoms with Crippen LogP contribution in [0, 0.1) is 0 Å². The van der Waals surface area contributed by atoms with Gasteiger partial charge in [-0.05, 0) is 23.6 Å². The van der Waals surface area contributed by atoms with E-state index in [1.54, 1.807) is 7.11 Å². The fourth-order valence-electron chi connectivity index (χ4n) is 2.86. The minimum Gasteiger partial charge on any atom is -0.496 e. The van der Waals surface area contributed by atoms with Crippen LogP contribution in [0.15, 0.2) is 72.3 Å². The molecule has 0 bridgehead atoms. The zero-order chi connectivity index (χ0) is 15.9. The average Bonchev–Trinajstić information content (AvgIpc) is 2.62. The lowest BCUT2D eigenvalue weighted by atomic mass is 10.1. The van der Waals surface area contributed by atoms with Crippen LogP contribution in [-0.2, 0) is 6.54 Å². The van der Waals surface area contributed by atoms with Gasteiger partial charge in [0.1, 0.15) is 5.75 Å². The number of nitrogens with zero attached hydrogens (tertiary/aromatic N) is 1. The molecule has 0 aromatic heterocycles. The maximum atomic E-state index is 5.39. The molecule has 0 radical (unpaired) electrons. The van der Waals surface area contributed by atoms with Crippen molar-refractivity contribution in [3.8, 4) is 5.75 Å². The number of benzene rings is 2. The SMILES string of the molecule is COc1ccccc1/C=C/C1=CCN(Cc2ccccc2)CC1. The Hall–Kier alpha value is -2.32. The molecular weight excluding hydrogens is 282 g/mol. The normalized spacial score (nSPS) is 15.6. The summed E-state index contributed by atoms with van der Waals surface area (Å²) in [5, 5.41) is 0. The predicted octanol–water partition coefficient (Wildman–Crippen LogP) is 4.54. The maximum Gasteiger partial charge on any atom is 0.126 e. The topological polar surface area (TPSA) is 12.5 Å². The monoisotopic (exact) mass is 305 g/mol. The van der Waals surface area contributed by atoms with Crippen molar-refractivity contribution >= 4 is 6.08 Å². The van der Waals surface area contributed by atoms with E-state index in [4.69, 9.17) is 4.74 Å². The smallest absolute Gasteiger partial charge is 0.126 e. The molecule has 0 amide bonds. The van der Waals surface area contributed by atoms with Crippen LogP contribution >= 0.6 is 0 Å². The number of ether oxygens (including phenoxy) is 1. The molecular formula is C21H23NO. The Morgan fingerprint density at radius 2 is 1.78 bits per heavy atom. The molecule has 0 N–H and O–H groups in total. The molecule has 2 aromatic carbocycles. The molecule has 23 heavy (non-hydrogen) atoms. The zero-order valence-electron chi connectivity index (χ0n) is 13.6.